The highest BCUT2D eigenvalue weighted by atomic mass is 19.1. The number of halogens is 1. The van der Waals surface area contributed by atoms with Crippen LogP contribution in [0.5, 0.6) is 0 Å². The van der Waals surface area contributed by atoms with Crippen LogP contribution in [0, 0.1) is 11.7 Å². The van der Waals surface area contributed by atoms with Gasteiger partial charge in [0.05, 0.1) is 23.3 Å². The smallest absolute Gasteiger partial charge is 0.244 e. The maximum absolute atomic E-state index is 13.8. The van der Waals surface area contributed by atoms with Gasteiger partial charge in [-0.15, -0.1) is 5.10 Å². The average molecular weight is 449 g/mol. The summed E-state index contributed by atoms with van der Waals surface area (Å²) in [6.45, 7) is 6.12. The molecule has 0 bridgehead atoms. The van der Waals surface area contributed by atoms with Crippen molar-refractivity contribution in [2.45, 2.75) is 44.9 Å². The summed E-state index contributed by atoms with van der Waals surface area (Å²) in [5.74, 6) is -0.317. The Bertz CT molecular complexity index is 1200. The molecule has 0 radical (unpaired) electrons. The monoisotopic (exact) mass is 448 g/mol. The van der Waals surface area contributed by atoms with Crippen molar-refractivity contribution in [2.24, 2.45) is 11.7 Å². The number of amides is 1. The van der Waals surface area contributed by atoms with Crippen molar-refractivity contribution >= 4 is 11.6 Å². The molecule has 3 aromatic heterocycles. The lowest BCUT2D eigenvalue weighted by Crippen LogP contribution is -2.37. The van der Waals surface area contributed by atoms with Crippen molar-refractivity contribution in [3.8, 4) is 0 Å². The van der Waals surface area contributed by atoms with Gasteiger partial charge in [0.2, 0.25) is 5.91 Å². The van der Waals surface area contributed by atoms with Gasteiger partial charge in [0, 0.05) is 41.9 Å². The first-order valence-corrected chi connectivity index (χ1v) is 10.7. The second kappa shape index (κ2) is 8.97. The van der Waals surface area contributed by atoms with Crippen LogP contribution < -0.4 is 5.73 Å². The lowest BCUT2D eigenvalue weighted by molar-refractivity contribution is -0.114. The molecule has 3 aromatic rings. The number of rotatable bonds is 7. The maximum atomic E-state index is 13.8. The molecule has 0 saturated heterocycles. The van der Waals surface area contributed by atoms with Gasteiger partial charge in [0.15, 0.2) is 5.82 Å². The zero-order chi connectivity index (χ0) is 23.6. The maximum Gasteiger partial charge on any atom is 0.244 e. The molecule has 2 atom stereocenters. The summed E-state index contributed by atoms with van der Waals surface area (Å²) >= 11 is 0. The highest BCUT2D eigenvalue weighted by molar-refractivity contribution is 5.95. The topological polar surface area (TPSA) is 125 Å². The molecule has 0 spiro atoms. The van der Waals surface area contributed by atoms with E-state index in [1.807, 2.05) is 13.0 Å². The van der Waals surface area contributed by atoms with Crippen LogP contribution in [0.15, 0.2) is 54.6 Å². The predicted molar refractivity (Wildman–Crippen MR) is 119 cm³/mol. The molecule has 0 aliphatic heterocycles. The van der Waals surface area contributed by atoms with E-state index in [4.69, 9.17) is 5.73 Å². The van der Waals surface area contributed by atoms with Crippen LogP contribution in [0.3, 0.4) is 0 Å². The van der Waals surface area contributed by atoms with Crippen molar-refractivity contribution in [3.63, 3.8) is 0 Å². The van der Waals surface area contributed by atoms with E-state index in [0.29, 0.717) is 40.8 Å². The number of hydrogen-bond acceptors (Lipinski definition) is 7. The summed E-state index contributed by atoms with van der Waals surface area (Å²) in [5.41, 5.74) is 7.14. The first-order chi connectivity index (χ1) is 15.8. The lowest BCUT2D eigenvalue weighted by atomic mass is 9.65. The van der Waals surface area contributed by atoms with Crippen LogP contribution in [0.4, 0.5) is 4.39 Å². The number of carbonyl (C=O) groups excluding carboxylic acids is 1. The van der Waals surface area contributed by atoms with E-state index in [-0.39, 0.29) is 12.3 Å². The van der Waals surface area contributed by atoms with Gasteiger partial charge in [-0.1, -0.05) is 20.8 Å². The summed E-state index contributed by atoms with van der Waals surface area (Å²) < 4.78 is 15.4. The Morgan fingerprint density at radius 1 is 1.21 bits per heavy atom. The highest BCUT2D eigenvalue weighted by Crippen LogP contribution is 2.47. The molecule has 33 heavy (non-hydrogen) atoms. The molecular weight excluding hydrogens is 423 g/mol. The van der Waals surface area contributed by atoms with Crippen LogP contribution >= 0.6 is 0 Å². The number of hydrogen-bond donors (Lipinski definition) is 1. The Morgan fingerprint density at radius 3 is 2.67 bits per heavy atom. The second-order valence-corrected chi connectivity index (χ2v) is 8.64. The third-order valence-corrected chi connectivity index (χ3v) is 5.90. The number of nitrogens with two attached hydrogens (primary N) is 1. The molecule has 9 nitrogen and oxygen atoms in total. The molecule has 2 N–H and O–H groups in total. The Balaban J connectivity index is 1.95. The molecule has 3 heterocycles. The molecule has 1 aliphatic carbocycles. The minimum absolute atomic E-state index is 0.254. The van der Waals surface area contributed by atoms with Crippen LogP contribution in [0.2, 0.25) is 0 Å². The lowest BCUT2D eigenvalue weighted by Gasteiger charge is -2.39. The van der Waals surface area contributed by atoms with Gasteiger partial charge in [-0.2, -0.15) is 4.68 Å². The zero-order valence-corrected chi connectivity index (χ0v) is 18.7. The second-order valence-electron chi connectivity index (χ2n) is 8.64. The fraction of sp³-hybridized carbons (Fsp3) is 0.348. The number of nitrogens with zero attached hydrogens (tertiary/aromatic N) is 7. The standard InChI is InChI=1S/C23H25FN8O/c1-14(2)8-21-29-30-31-32(21)18-9-16(22(25)33)10-23(11-18,20-5-4-17(24)12-28-20)15(3)19-13-26-6-7-27-19/h4-7,9,11-15H,8,10H2,1-3H3,(H2,25,33). The Morgan fingerprint density at radius 2 is 2.03 bits per heavy atom. The normalized spacial score (nSPS) is 19.2. The van der Waals surface area contributed by atoms with E-state index in [1.165, 1.54) is 6.07 Å². The molecule has 1 aliphatic rings. The summed E-state index contributed by atoms with van der Waals surface area (Å²) in [7, 11) is 0. The van der Waals surface area contributed by atoms with Crippen LogP contribution in [0.1, 0.15) is 50.3 Å². The molecule has 10 heteroatoms. The van der Waals surface area contributed by atoms with Crippen molar-refractivity contribution in [2.75, 3.05) is 0 Å². The number of primary amides is 1. The Kier molecular flexibility index (Phi) is 6.08. The van der Waals surface area contributed by atoms with Gasteiger partial charge in [0.25, 0.3) is 0 Å². The number of allylic oxidation sites excluding steroid dienone is 3. The molecular formula is C23H25FN8O. The molecule has 0 fully saturated rings. The minimum Gasteiger partial charge on any atom is -0.366 e. The van der Waals surface area contributed by atoms with E-state index in [1.54, 1.807) is 35.4 Å². The Labute approximate surface area is 190 Å². The third kappa shape index (κ3) is 4.41. The van der Waals surface area contributed by atoms with Crippen LogP contribution in [-0.4, -0.2) is 41.1 Å². The SMILES string of the molecule is CC(C)Cc1nnnn1C1=CC(c2ccc(F)cn2)(C(C)c2cnccn2)CC(C(N)=O)=C1. The van der Waals surface area contributed by atoms with Gasteiger partial charge in [-0.25, -0.2) is 4.39 Å². The third-order valence-electron chi connectivity index (χ3n) is 5.90. The minimum atomic E-state index is -0.876. The van der Waals surface area contributed by atoms with Gasteiger partial charge < -0.3 is 5.73 Å². The molecule has 170 valence electrons. The first-order valence-electron chi connectivity index (χ1n) is 10.7. The van der Waals surface area contributed by atoms with Gasteiger partial charge in [0.1, 0.15) is 5.82 Å². The van der Waals surface area contributed by atoms with Crippen molar-refractivity contribution in [1.29, 1.82) is 0 Å². The molecule has 4 rings (SSSR count). The largest absolute Gasteiger partial charge is 0.366 e. The van der Waals surface area contributed by atoms with E-state index in [0.717, 1.165) is 6.20 Å². The van der Waals surface area contributed by atoms with Crippen molar-refractivity contribution in [1.82, 2.24) is 35.2 Å². The molecule has 1 amide bonds. The first kappa shape index (κ1) is 22.4. The predicted octanol–water partition coefficient (Wildman–Crippen LogP) is 2.59. The van der Waals surface area contributed by atoms with Crippen molar-refractivity contribution < 1.29 is 9.18 Å². The van der Waals surface area contributed by atoms with Crippen LogP contribution in [0.25, 0.3) is 5.70 Å². The molecule has 0 saturated carbocycles. The summed E-state index contributed by atoms with van der Waals surface area (Å²) in [4.78, 5) is 25.5. The van der Waals surface area contributed by atoms with Crippen LogP contribution in [-0.2, 0) is 16.6 Å². The summed E-state index contributed by atoms with van der Waals surface area (Å²) in [5, 5.41) is 12.2. The van der Waals surface area contributed by atoms with Gasteiger partial charge >= 0.3 is 0 Å². The average Bonchev–Trinajstić information content (AvgIpc) is 3.26. The van der Waals surface area contributed by atoms with Gasteiger partial charge in [-0.05, 0) is 47.1 Å². The zero-order valence-electron chi connectivity index (χ0n) is 18.7. The summed E-state index contributed by atoms with van der Waals surface area (Å²) in [6, 6.07) is 2.97. The number of carbonyl (C=O) groups is 1. The highest BCUT2D eigenvalue weighted by Gasteiger charge is 2.43. The van der Waals surface area contributed by atoms with E-state index < -0.39 is 17.1 Å². The summed E-state index contributed by atoms with van der Waals surface area (Å²) in [6.07, 6.45) is 10.6. The Hall–Kier alpha value is -3.82. The quantitative estimate of drug-likeness (QED) is 0.589. The van der Waals surface area contributed by atoms with Gasteiger partial charge in [-0.3, -0.25) is 19.7 Å². The molecule has 0 aromatic carbocycles. The molecule has 2 unspecified atom stereocenters. The number of aromatic nitrogens is 7. The van der Waals surface area contributed by atoms with E-state index in [2.05, 4.69) is 44.3 Å². The van der Waals surface area contributed by atoms with Crippen molar-refractivity contribution in [3.05, 3.63) is 77.7 Å². The number of tetrazole rings is 1. The number of pyridine rings is 1. The van der Waals surface area contributed by atoms with E-state index in [9.17, 15) is 9.18 Å². The van der Waals surface area contributed by atoms with E-state index >= 15 is 0 Å². The fourth-order valence-electron chi connectivity index (χ4n) is 4.19. The fourth-order valence-corrected chi connectivity index (χ4v) is 4.19.